The second-order valence-electron chi connectivity index (χ2n) is 21.7. The van der Waals surface area contributed by atoms with Crippen LogP contribution in [-0.2, 0) is 28.6 Å². The molecule has 0 aliphatic carbocycles. The molecule has 0 N–H and O–H groups in total. The molecule has 6 heteroatoms. The van der Waals surface area contributed by atoms with Gasteiger partial charge in [0.2, 0.25) is 0 Å². The van der Waals surface area contributed by atoms with Crippen LogP contribution in [-0.4, -0.2) is 37.2 Å². The van der Waals surface area contributed by atoms with Crippen molar-refractivity contribution in [3.63, 3.8) is 0 Å². The molecule has 0 heterocycles. The first-order chi connectivity index (χ1) is 36.0. The minimum atomic E-state index is -0.777. The summed E-state index contributed by atoms with van der Waals surface area (Å²) in [5.41, 5.74) is 0. The minimum absolute atomic E-state index is 0.0740. The van der Waals surface area contributed by atoms with E-state index in [0.29, 0.717) is 19.3 Å². The smallest absolute Gasteiger partial charge is 0.306 e. The molecular weight excluding hydrogens is 901 g/mol. The lowest BCUT2D eigenvalue weighted by atomic mass is 10.0. The maximum atomic E-state index is 12.9. The highest BCUT2D eigenvalue weighted by atomic mass is 16.6. The Labute approximate surface area is 454 Å². The second kappa shape index (κ2) is 61.9. The summed E-state index contributed by atoms with van der Waals surface area (Å²) in [5, 5.41) is 0. The highest BCUT2D eigenvalue weighted by Crippen LogP contribution is 2.17. The molecule has 1 atom stereocenters. The van der Waals surface area contributed by atoms with E-state index in [1.165, 1.54) is 238 Å². The summed E-state index contributed by atoms with van der Waals surface area (Å²) in [6, 6.07) is 0. The number of carbonyl (C=O) groups excluding carboxylic acids is 3. The van der Waals surface area contributed by atoms with Crippen LogP contribution in [0.1, 0.15) is 342 Å². The third-order valence-corrected chi connectivity index (χ3v) is 14.3. The van der Waals surface area contributed by atoms with E-state index in [0.717, 1.165) is 64.2 Å². The van der Waals surface area contributed by atoms with Gasteiger partial charge < -0.3 is 14.2 Å². The number of hydrogen-bond donors (Lipinski definition) is 0. The quantitative estimate of drug-likeness (QED) is 0.0261. The highest BCUT2D eigenvalue weighted by Gasteiger charge is 2.19. The van der Waals surface area contributed by atoms with Gasteiger partial charge in [0.15, 0.2) is 6.10 Å². The number of hydrogen-bond acceptors (Lipinski definition) is 6. The Morgan fingerprint density at radius 1 is 0.274 bits per heavy atom. The van der Waals surface area contributed by atoms with Crippen LogP contribution in [0.3, 0.4) is 0 Å². The summed E-state index contributed by atoms with van der Waals surface area (Å²) in [5.74, 6) is -0.864. The monoisotopic (exact) mass is 1020 g/mol. The van der Waals surface area contributed by atoms with Gasteiger partial charge in [0.05, 0.1) is 0 Å². The van der Waals surface area contributed by atoms with Crippen LogP contribution in [0.25, 0.3) is 0 Å². The normalized spacial score (nSPS) is 12.3. The van der Waals surface area contributed by atoms with Crippen LogP contribution in [0, 0.1) is 0 Å². The van der Waals surface area contributed by atoms with E-state index < -0.39 is 6.10 Å². The maximum Gasteiger partial charge on any atom is 0.306 e. The van der Waals surface area contributed by atoms with Gasteiger partial charge in [-0.05, 0) is 103 Å². The van der Waals surface area contributed by atoms with E-state index >= 15 is 0 Å². The van der Waals surface area contributed by atoms with E-state index in [4.69, 9.17) is 14.2 Å². The third-order valence-electron chi connectivity index (χ3n) is 14.3. The molecule has 0 spiro atoms. The first-order valence-electron chi connectivity index (χ1n) is 32.1. The summed E-state index contributed by atoms with van der Waals surface area (Å²) in [7, 11) is 0. The minimum Gasteiger partial charge on any atom is -0.462 e. The van der Waals surface area contributed by atoms with Crippen molar-refractivity contribution in [2.45, 2.75) is 348 Å². The summed E-state index contributed by atoms with van der Waals surface area (Å²) in [6.45, 7) is 6.64. The molecule has 0 saturated carbocycles. The van der Waals surface area contributed by atoms with Gasteiger partial charge in [0, 0.05) is 19.3 Å². The Kier molecular flexibility index (Phi) is 59.7. The van der Waals surface area contributed by atoms with Crippen molar-refractivity contribution in [2.24, 2.45) is 0 Å². The molecule has 0 rings (SSSR count). The largest absolute Gasteiger partial charge is 0.462 e. The molecule has 0 saturated heterocycles. The van der Waals surface area contributed by atoms with Crippen molar-refractivity contribution in [1.82, 2.24) is 0 Å². The van der Waals surface area contributed by atoms with Gasteiger partial charge in [0.1, 0.15) is 13.2 Å². The first kappa shape index (κ1) is 70.4. The van der Waals surface area contributed by atoms with Gasteiger partial charge in [-0.15, -0.1) is 0 Å². The van der Waals surface area contributed by atoms with Gasteiger partial charge in [-0.3, -0.25) is 14.4 Å². The topological polar surface area (TPSA) is 78.9 Å². The van der Waals surface area contributed by atoms with Crippen LogP contribution < -0.4 is 0 Å². The average Bonchev–Trinajstić information content (AvgIpc) is 3.39. The van der Waals surface area contributed by atoms with Gasteiger partial charge in [-0.2, -0.15) is 0 Å². The van der Waals surface area contributed by atoms with Crippen molar-refractivity contribution >= 4 is 17.9 Å². The zero-order chi connectivity index (χ0) is 52.9. The van der Waals surface area contributed by atoms with Gasteiger partial charge >= 0.3 is 17.9 Å². The van der Waals surface area contributed by atoms with E-state index in [1.54, 1.807) is 0 Å². The molecule has 0 aromatic rings. The maximum absolute atomic E-state index is 12.9. The van der Waals surface area contributed by atoms with E-state index in [-0.39, 0.29) is 31.1 Å². The molecule has 0 unspecified atom stereocenters. The van der Waals surface area contributed by atoms with Crippen LogP contribution in [0.4, 0.5) is 0 Å². The number of ether oxygens (including phenoxy) is 3. The number of unbranched alkanes of at least 4 members (excludes halogenated alkanes) is 40. The Morgan fingerprint density at radius 2 is 0.493 bits per heavy atom. The van der Waals surface area contributed by atoms with E-state index in [1.807, 2.05) is 0 Å². The number of carbonyl (C=O) groups is 3. The Balaban J connectivity index is 4.32. The SMILES string of the molecule is CCCCC/C=C\C/C=C\CCCCCCCCCCCC(=O)OC[C@H](COC(=O)CCCCCCCCCCCCC/C=C\CCCCCCCC)OC(=O)CCCCCCCCC/C=C\CCCCCC. The molecule has 0 aliphatic heterocycles. The van der Waals surface area contributed by atoms with Crippen LogP contribution in [0.15, 0.2) is 48.6 Å². The Bertz CT molecular complexity index is 1270. The van der Waals surface area contributed by atoms with Crippen molar-refractivity contribution in [2.75, 3.05) is 13.2 Å². The predicted molar refractivity (Wildman–Crippen MR) is 316 cm³/mol. The molecular formula is C67H122O6. The van der Waals surface area contributed by atoms with E-state index in [2.05, 4.69) is 69.4 Å². The molecule has 6 nitrogen and oxygen atoms in total. The first-order valence-corrected chi connectivity index (χ1v) is 32.1. The average molecular weight is 1020 g/mol. The number of rotatable bonds is 59. The Morgan fingerprint density at radius 3 is 0.808 bits per heavy atom. The molecule has 0 aromatic heterocycles. The fourth-order valence-corrected chi connectivity index (χ4v) is 9.41. The summed E-state index contributed by atoms with van der Waals surface area (Å²) >= 11 is 0. The summed E-state index contributed by atoms with van der Waals surface area (Å²) in [4.78, 5) is 38.3. The molecule has 426 valence electrons. The summed E-state index contributed by atoms with van der Waals surface area (Å²) < 4.78 is 16.9. The van der Waals surface area contributed by atoms with Crippen molar-refractivity contribution in [1.29, 1.82) is 0 Å². The zero-order valence-corrected chi connectivity index (χ0v) is 48.9. The Hall–Kier alpha value is -2.63. The van der Waals surface area contributed by atoms with Crippen molar-refractivity contribution < 1.29 is 28.6 Å². The van der Waals surface area contributed by atoms with E-state index in [9.17, 15) is 14.4 Å². The van der Waals surface area contributed by atoms with Gasteiger partial charge in [-0.1, -0.05) is 268 Å². The fourth-order valence-electron chi connectivity index (χ4n) is 9.41. The standard InChI is InChI=1S/C67H122O6/c1-4-7-10-13-16-19-22-25-28-30-32-33-35-37-40-42-45-48-51-54-57-60-66(69)72-63-64(73-67(70)61-58-55-52-49-46-43-38-27-24-21-18-15-12-9-6-3)62-71-65(68)59-56-53-50-47-44-41-39-36-34-31-29-26-23-20-17-14-11-8-5-2/h17,20-21,24-26,28-29,64H,4-16,18-19,22-23,27,30-63H2,1-3H3/b20-17-,24-21-,28-25-,29-26-/t64-/m1/s1. The molecule has 0 fully saturated rings. The van der Waals surface area contributed by atoms with Crippen molar-refractivity contribution in [3.05, 3.63) is 48.6 Å². The van der Waals surface area contributed by atoms with Gasteiger partial charge in [0.25, 0.3) is 0 Å². The van der Waals surface area contributed by atoms with Crippen molar-refractivity contribution in [3.8, 4) is 0 Å². The second-order valence-corrected chi connectivity index (χ2v) is 21.7. The van der Waals surface area contributed by atoms with Crippen LogP contribution in [0.2, 0.25) is 0 Å². The lowest BCUT2D eigenvalue weighted by Crippen LogP contribution is -2.30. The fraction of sp³-hybridized carbons (Fsp3) is 0.836. The van der Waals surface area contributed by atoms with Crippen LogP contribution >= 0.6 is 0 Å². The molecule has 0 aliphatic rings. The molecule has 0 aromatic carbocycles. The van der Waals surface area contributed by atoms with Gasteiger partial charge in [-0.25, -0.2) is 0 Å². The lowest BCUT2D eigenvalue weighted by Gasteiger charge is -2.18. The molecule has 0 amide bonds. The number of esters is 3. The molecule has 73 heavy (non-hydrogen) atoms. The molecule has 0 bridgehead atoms. The number of allylic oxidation sites excluding steroid dienone is 8. The third kappa shape index (κ3) is 60.1. The zero-order valence-electron chi connectivity index (χ0n) is 48.9. The summed E-state index contributed by atoms with van der Waals surface area (Å²) in [6.07, 6.45) is 76.8. The molecule has 0 radical (unpaired) electrons. The van der Waals surface area contributed by atoms with Crippen LogP contribution in [0.5, 0.6) is 0 Å². The lowest BCUT2D eigenvalue weighted by molar-refractivity contribution is -0.167. The highest BCUT2D eigenvalue weighted by molar-refractivity contribution is 5.71. The predicted octanol–water partition coefficient (Wildman–Crippen LogP) is 21.8.